The third-order valence-corrected chi connectivity index (χ3v) is 5.37. The average Bonchev–Trinajstić information content (AvgIpc) is 2.93. The molecule has 0 aromatic heterocycles. The van der Waals surface area contributed by atoms with Crippen molar-refractivity contribution >= 4 is 33.9 Å². The van der Waals surface area contributed by atoms with Crippen LogP contribution in [-0.2, 0) is 0 Å². The zero-order valence-corrected chi connectivity index (χ0v) is 17.5. The Hall–Kier alpha value is -3.05. The van der Waals surface area contributed by atoms with Gasteiger partial charge in [0.05, 0.1) is 29.2 Å². The fraction of sp³-hybridized carbons (Fsp3) is 0.167. The molecule has 0 bridgehead atoms. The average molecular weight is 403 g/mol. The van der Waals surface area contributed by atoms with E-state index in [1.54, 1.807) is 18.9 Å². The summed E-state index contributed by atoms with van der Waals surface area (Å²) in [6.45, 7) is 2.09. The second-order valence-electron chi connectivity index (χ2n) is 6.74. The Bertz CT molecular complexity index is 1090. The Labute approximate surface area is 175 Å². The topological polar surface area (TPSA) is 43.2 Å². The van der Waals surface area contributed by atoms with E-state index in [4.69, 9.17) is 19.5 Å². The van der Waals surface area contributed by atoms with Gasteiger partial charge in [-0.25, -0.2) is 9.98 Å². The van der Waals surface area contributed by atoms with E-state index in [9.17, 15) is 0 Å². The standard InChI is InChI=1S/C24H22N2O2S/c1-16-7-9-17(10-8-16)22-15-24(29-3)26-21-12-11-20(14-23(21)25-22)28-19-6-4-5-18(13-19)27-2/h4-14H,15H2,1-3H3. The number of aliphatic imine (C=N–C) groups is 2. The van der Waals surface area contributed by atoms with Crippen LogP contribution in [0.3, 0.4) is 0 Å². The van der Waals surface area contributed by atoms with Gasteiger partial charge >= 0.3 is 0 Å². The second kappa shape index (κ2) is 8.53. The van der Waals surface area contributed by atoms with Gasteiger partial charge in [0, 0.05) is 18.6 Å². The highest BCUT2D eigenvalue weighted by Crippen LogP contribution is 2.37. The molecule has 4 rings (SSSR count). The summed E-state index contributed by atoms with van der Waals surface area (Å²) in [6.07, 6.45) is 2.77. The zero-order valence-electron chi connectivity index (χ0n) is 16.7. The number of hydrogen-bond donors (Lipinski definition) is 0. The van der Waals surface area contributed by atoms with E-state index in [2.05, 4.69) is 37.4 Å². The fourth-order valence-corrected chi connectivity index (χ4v) is 3.55. The summed E-state index contributed by atoms with van der Waals surface area (Å²) >= 11 is 1.66. The molecule has 0 aliphatic carbocycles. The lowest BCUT2D eigenvalue weighted by Gasteiger charge is -2.09. The number of methoxy groups -OCH3 is 1. The van der Waals surface area contributed by atoms with Crippen molar-refractivity contribution in [3.05, 3.63) is 77.9 Å². The van der Waals surface area contributed by atoms with E-state index in [-0.39, 0.29) is 0 Å². The quantitative estimate of drug-likeness (QED) is 0.487. The Balaban J connectivity index is 1.71. The summed E-state index contributed by atoms with van der Waals surface area (Å²) in [5.74, 6) is 2.19. The van der Waals surface area contributed by atoms with E-state index in [0.29, 0.717) is 17.9 Å². The minimum atomic E-state index is 0.713. The van der Waals surface area contributed by atoms with Gasteiger partial charge in [-0.3, -0.25) is 0 Å². The van der Waals surface area contributed by atoms with Crippen molar-refractivity contribution in [2.24, 2.45) is 9.98 Å². The predicted molar refractivity (Wildman–Crippen MR) is 122 cm³/mol. The second-order valence-corrected chi connectivity index (χ2v) is 7.62. The molecule has 0 atom stereocenters. The Morgan fingerprint density at radius 1 is 0.828 bits per heavy atom. The molecule has 0 fully saturated rings. The third-order valence-electron chi connectivity index (χ3n) is 4.66. The highest BCUT2D eigenvalue weighted by molar-refractivity contribution is 8.13. The molecule has 0 saturated heterocycles. The molecule has 0 spiro atoms. The van der Waals surface area contributed by atoms with Crippen LogP contribution in [0.1, 0.15) is 17.5 Å². The van der Waals surface area contributed by atoms with Crippen LogP contribution in [0.25, 0.3) is 0 Å². The first kappa shape index (κ1) is 19.3. The van der Waals surface area contributed by atoms with Crippen molar-refractivity contribution in [1.29, 1.82) is 0 Å². The molecular formula is C24H22N2O2S. The van der Waals surface area contributed by atoms with Crippen molar-refractivity contribution in [3.8, 4) is 17.2 Å². The molecule has 1 aliphatic rings. The van der Waals surface area contributed by atoms with Crippen molar-refractivity contribution in [2.75, 3.05) is 13.4 Å². The number of nitrogens with zero attached hydrogens (tertiary/aromatic N) is 2. The number of thioether (sulfide) groups is 1. The van der Waals surface area contributed by atoms with Crippen LogP contribution in [0.4, 0.5) is 11.4 Å². The number of fused-ring (bicyclic) bond motifs is 1. The minimum Gasteiger partial charge on any atom is -0.497 e. The largest absolute Gasteiger partial charge is 0.497 e. The highest BCUT2D eigenvalue weighted by atomic mass is 32.2. The first-order valence-electron chi connectivity index (χ1n) is 9.37. The van der Waals surface area contributed by atoms with E-state index >= 15 is 0 Å². The van der Waals surface area contributed by atoms with E-state index in [1.165, 1.54) is 5.56 Å². The number of ether oxygens (including phenoxy) is 2. The van der Waals surface area contributed by atoms with Crippen molar-refractivity contribution in [1.82, 2.24) is 0 Å². The molecule has 3 aromatic carbocycles. The van der Waals surface area contributed by atoms with Crippen molar-refractivity contribution < 1.29 is 9.47 Å². The fourth-order valence-electron chi connectivity index (χ4n) is 3.08. The van der Waals surface area contributed by atoms with Crippen LogP contribution in [0.5, 0.6) is 17.2 Å². The smallest absolute Gasteiger partial charge is 0.131 e. The van der Waals surface area contributed by atoms with Crippen LogP contribution in [0.2, 0.25) is 0 Å². The summed E-state index contributed by atoms with van der Waals surface area (Å²) in [5.41, 5.74) is 5.02. The maximum absolute atomic E-state index is 6.03. The normalized spacial score (nSPS) is 13.1. The summed E-state index contributed by atoms with van der Waals surface area (Å²) < 4.78 is 11.3. The van der Waals surface area contributed by atoms with Crippen LogP contribution < -0.4 is 9.47 Å². The molecule has 3 aromatic rings. The summed E-state index contributed by atoms with van der Waals surface area (Å²) in [5, 5.41) is 1.05. The van der Waals surface area contributed by atoms with Crippen LogP contribution in [-0.4, -0.2) is 24.1 Å². The Morgan fingerprint density at radius 3 is 2.34 bits per heavy atom. The van der Waals surface area contributed by atoms with Crippen LogP contribution in [0, 0.1) is 6.92 Å². The van der Waals surface area contributed by atoms with Gasteiger partial charge in [0.25, 0.3) is 0 Å². The maximum atomic E-state index is 6.03. The number of hydrogen-bond acceptors (Lipinski definition) is 5. The molecule has 1 heterocycles. The van der Waals surface area contributed by atoms with Gasteiger partial charge in [-0.2, -0.15) is 0 Å². The van der Waals surface area contributed by atoms with Crippen LogP contribution >= 0.6 is 11.8 Å². The van der Waals surface area contributed by atoms with Gasteiger partial charge in [-0.05, 0) is 43.0 Å². The van der Waals surface area contributed by atoms with Crippen LogP contribution in [0.15, 0.2) is 76.7 Å². The molecule has 146 valence electrons. The first-order valence-corrected chi connectivity index (χ1v) is 10.6. The predicted octanol–water partition coefficient (Wildman–Crippen LogP) is 6.71. The molecule has 0 N–H and O–H groups in total. The molecule has 4 nitrogen and oxygen atoms in total. The molecule has 0 saturated carbocycles. The highest BCUT2D eigenvalue weighted by Gasteiger charge is 2.15. The van der Waals surface area contributed by atoms with Crippen molar-refractivity contribution in [2.45, 2.75) is 13.3 Å². The summed E-state index contributed by atoms with van der Waals surface area (Å²) in [4.78, 5) is 9.77. The molecule has 0 radical (unpaired) electrons. The maximum Gasteiger partial charge on any atom is 0.131 e. The van der Waals surface area contributed by atoms with Crippen molar-refractivity contribution in [3.63, 3.8) is 0 Å². The van der Waals surface area contributed by atoms with Gasteiger partial charge in [-0.1, -0.05) is 35.9 Å². The summed E-state index contributed by atoms with van der Waals surface area (Å²) in [7, 11) is 1.64. The lowest BCUT2D eigenvalue weighted by molar-refractivity contribution is 0.409. The lowest BCUT2D eigenvalue weighted by Crippen LogP contribution is -2.05. The molecule has 0 amide bonds. The molecule has 0 unspecified atom stereocenters. The van der Waals surface area contributed by atoms with Gasteiger partial charge in [-0.15, -0.1) is 11.8 Å². The SMILES string of the molecule is COc1cccc(Oc2ccc3c(c2)N=C(c2ccc(C)cc2)CC(SC)=N3)c1. The lowest BCUT2D eigenvalue weighted by atomic mass is 10.1. The molecular weight excluding hydrogens is 380 g/mol. The van der Waals surface area contributed by atoms with Gasteiger partial charge < -0.3 is 9.47 Å². The van der Waals surface area contributed by atoms with Gasteiger partial charge in [0.1, 0.15) is 17.2 Å². The minimum absolute atomic E-state index is 0.713. The Kier molecular flexibility index (Phi) is 5.67. The number of aryl methyl sites for hydroxylation is 1. The first-order chi connectivity index (χ1) is 14.1. The summed E-state index contributed by atoms with van der Waals surface area (Å²) in [6, 6.07) is 21.8. The zero-order chi connectivity index (χ0) is 20.2. The molecule has 29 heavy (non-hydrogen) atoms. The van der Waals surface area contributed by atoms with Gasteiger partial charge in [0.2, 0.25) is 0 Å². The number of rotatable bonds is 4. The van der Waals surface area contributed by atoms with E-state index in [1.807, 2.05) is 42.5 Å². The molecule has 5 heteroatoms. The monoisotopic (exact) mass is 402 g/mol. The van der Waals surface area contributed by atoms with E-state index < -0.39 is 0 Å². The van der Waals surface area contributed by atoms with E-state index in [0.717, 1.165) is 33.4 Å². The number of benzene rings is 3. The molecule has 1 aliphatic heterocycles. The Morgan fingerprint density at radius 2 is 1.59 bits per heavy atom. The third kappa shape index (κ3) is 4.51. The van der Waals surface area contributed by atoms with Gasteiger partial charge in [0.15, 0.2) is 0 Å².